The molecule has 6 heteroatoms. The van der Waals surface area contributed by atoms with E-state index in [1.54, 1.807) is 4.90 Å². The summed E-state index contributed by atoms with van der Waals surface area (Å²) in [5.74, 6) is -1.26. The second-order valence-electron chi connectivity index (χ2n) is 5.73. The van der Waals surface area contributed by atoms with Crippen LogP contribution in [0.25, 0.3) is 0 Å². The fourth-order valence-electron chi connectivity index (χ4n) is 2.69. The Hall–Kier alpha value is -1.30. The minimum Gasteiger partial charge on any atom is -0.481 e. The third-order valence-corrected chi connectivity index (χ3v) is 4.34. The number of urea groups is 1. The molecule has 2 aliphatic rings. The molecule has 0 aromatic heterocycles. The van der Waals surface area contributed by atoms with E-state index in [-0.39, 0.29) is 17.7 Å². The number of carbonyl (C=O) groups excluding carboxylic acids is 1. The standard InChI is InChI=1S/C13H22N2O4/c1-9-13(2,5-7-19-9)14-12(18)15-6-3-4-10(8-15)11(16)17/h9-10H,3-8H2,1-2H3,(H,14,18)(H,16,17). The predicted molar refractivity (Wildman–Crippen MR) is 68.9 cm³/mol. The number of carboxylic acid groups (broad SMARTS) is 1. The third kappa shape index (κ3) is 3.00. The summed E-state index contributed by atoms with van der Waals surface area (Å²) in [5.41, 5.74) is -0.354. The van der Waals surface area contributed by atoms with Crippen molar-refractivity contribution in [3.8, 4) is 0 Å². The zero-order valence-electron chi connectivity index (χ0n) is 11.5. The van der Waals surface area contributed by atoms with Gasteiger partial charge in [-0.15, -0.1) is 0 Å². The summed E-state index contributed by atoms with van der Waals surface area (Å²) < 4.78 is 5.49. The van der Waals surface area contributed by atoms with Crippen molar-refractivity contribution < 1.29 is 19.4 Å². The minimum absolute atomic E-state index is 0.0171. The van der Waals surface area contributed by atoms with E-state index in [0.29, 0.717) is 26.1 Å². The van der Waals surface area contributed by atoms with Gasteiger partial charge in [0.25, 0.3) is 0 Å². The molecule has 2 fully saturated rings. The average Bonchev–Trinajstić information content (AvgIpc) is 2.69. The lowest BCUT2D eigenvalue weighted by Gasteiger charge is -2.35. The lowest BCUT2D eigenvalue weighted by molar-refractivity contribution is -0.143. The summed E-state index contributed by atoms with van der Waals surface area (Å²) in [7, 11) is 0. The molecule has 0 radical (unpaired) electrons. The summed E-state index contributed by atoms with van der Waals surface area (Å²) in [6.07, 6.45) is 2.16. The largest absolute Gasteiger partial charge is 0.481 e. The summed E-state index contributed by atoms with van der Waals surface area (Å²) in [4.78, 5) is 24.9. The van der Waals surface area contributed by atoms with E-state index in [9.17, 15) is 9.59 Å². The van der Waals surface area contributed by atoms with E-state index in [2.05, 4.69) is 5.32 Å². The highest BCUT2D eigenvalue weighted by molar-refractivity contribution is 5.77. The highest BCUT2D eigenvalue weighted by Gasteiger charge is 2.40. The topological polar surface area (TPSA) is 78.9 Å². The van der Waals surface area contributed by atoms with E-state index in [1.807, 2.05) is 13.8 Å². The molecule has 3 unspecified atom stereocenters. The van der Waals surface area contributed by atoms with Gasteiger partial charge in [-0.25, -0.2) is 4.79 Å². The molecule has 0 saturated carbocycles. The van der Waals surface area contributed by atoms with Crippen molar-refractivity contribution in [3.05, 3.63) is 0 Å². The SMILES string of the molecule is CC1OCCC1(C)NC(=O)N1CCCC(C(=O)O)C1. The fraction of sp³-hybridized carbons (Fsp3) is 0.846. The Morgan fingerprint density at radius 2 is 2.21 bits per heavy atom. The van der Waals surface area contributed by atoms with Crippen LogP contribution in [0, 0.1) is 5.92 Å². The third-order valence-electron chi connectivity index (χ3n) is 4.34. The molecule has 108 valence electrons. The number of hydrogen-bond donors (Lipinski definition) is 2. The molecule has 3 atom stereocenters. The first-order valence-electron chi connectivity index (χ1n) is 6.84. The first-order valence-corrected chi connectivity index (χ1v) is 6.84. The van der Waals surface area contributed by atoms with Gasteiger partial charge < -0.3 is 20.1 Å². The summed E-state index contributed by atoms with van der Waals surface area (Å²) in [6.45, 7) is 5.49. The van der Waals surface area contributed by atoms with Crippen molar-refractivity contribution in [2.45, 2.75) is 44.8 Å². The molecule has 2 heterocycles. The van der Waals surface area contributed by atoms with Gasteiger partial charge in [0, 0.05) is 19.7 Å². The van der Waals surface area contributed by atoms with Crippen molar-refractivity contribution in [2.75, 3.05) is 19.7 Å². The highest BCUT2D eigenvalue weighted by Crippen LogP contribution is 2.26. The van der Waals surface area contributed by atoms with E-state index in [4.69, 9.17) is 9.84 Å². The van der Waals surface area contributed by atoms with E-state index in [0.717, 1.165) is 12.8 Å². The van der Waals surface area contributed by atoms with Crippen molar-refractivity contribution in [3.63, 3.8) is 0 Å². The van der Waals surface area contributed by atoms with E-state index >= 15 is 0 Å². The molecular weight excluding hydrogens is 248 g/mol. The van der Waals surface area contributed by atoms with Crippen LogP contribution in [0.4, 0.5) is 4.79 Å². The molecule has 0 aromatic carbocycles. The maximum Gasteiger partial charge on any atom is 0.317 e. The Balaban J connectivity index is 1.94. The first kappa shape index (κ1) is 14.1. The fourth-order valence-corrected chi connectivity index (χ4v) is 2.69. The monoisotopic (exact) mass is 270 g/mol. The number of carbonyl (C=O) groups is 2. The summed E-state index contributed by atoms with van der Waals surface area (Å²) in [6, 6.07) is -0.175. The van der Waals surface area contributed by atoms with Gasteiger partial charge in [-0.3, -0.25) is 4.79 Å². The molecule has 19 heavy (non-hydrogen) atoms. The second kappa shape index (κ2) is 5.36. The van der Waals surface area contributed by atoms with Crippen LogP contribution in [0.2, 0.25) is 0 Å². The smallest absolute Gasteiger partial charge is 0.317 e. The molecule has 0 spiro atoms. The van der Waals surface area contributed by atoms with Crippen LogP contribution in [0.5, 0.6) is 0 Å². The highest BCUT2D eigenvalue weighted by atomic mass is 16.5. The van der Waals surface area contributed by atoms with Crippen LogP contribution in [0.1, 0.15) is 33.1 Å². The molecule has 6 nitrogen and oxygen atoms in total. The molecule has 2 rings (SSSR count). The number of amides is 2. The van der Waals surface area contributed by atoms with Crippen molar-refractivity contribution in [1.29, 1.82) is 0 Å². The number of ether oxygens (including phenoxy) is 1. The van der Waals surface area contributed by atoms with Gasteiger partial charge in [0.1, 0.15) is 0 Å². The van der Waals surface area contributed by atoms with E-state index < -0.39 is 11.9 Å². The lowest BCUT2D eigenvalue weighted by atomic mass is 9.94. The number of carboxylic acids is 1. The Bertz CT molecular complexity index is 374. The number of likely N-dealkylation sites (tertiary alicyclic amines) is 1. The average molecular weight is 270 g/mol. The minimum atomic E-state index is -0.818. The van der Waals surface area contributed by atoms with Crippen molar-refractivity contribution >= 4 is 12.0 Å². The van der Waals surface area contributed by atoms with Gasteiger partial charge in [0.05, 0.1) is 17.6 Å². The second-order valence-corrected chi connectivity index (χ2v) is 5.73. The van der Waals surface area contributed by atoms with Crippen LogP contribution < -0.4 is 5.32 Å². The molecule has 0 bridgehead atoms. The number of hydrogen-bond acceptors (Lipinski definition) is 3. The molecule has 2 N–H and O–H groups in total. The Morgan fingerprint density at radius 3 is 2.79 bits per heavy atom. The molecule has 0 aliphatic carbocycles. The van der Waals surface area contributed by atoms with Crippen LogP contribution in [-0.2, 0) is 9.53 Å². The van der Waals surface area contributed by atoms with Crippen molar-refractivity contribution in [2.24, 2.45) is 5.92 Å². The normalized spacial score (nSPS) is 35.2. The number of piperidine rings is 1. The van der Waals surface area contributed by atoms with Gasteiger partial charge in [0.15, 0.2) is 0 Å². The Labute approximate surface area is 113 Å². The first-order chi connectivity index (χ1) is 8.92. The number of nitrogens with zero attached hydrogens (tertiary/aromatic N) is 1. The van der Waals surface area contributed by atoms with Gasteiger partial charge in [0.2, 0.25) is 0 Å². The molecule has 2 amide bonds. The predicted octanol–water partition coefficient (Wildman–Crippen LogP) is 1.06. The van der Waals surface area contributed by atoms with Gasteiger partial charge in [-0.05, 0) is 33.1 Å². The zero-order chi connectivity index (χ0) is 14.0. The quantitative estimate of drug-likeness (QED) is 0.786. The van der Waals surface area contributed by atoms with Gasteiger partial charge in [-0.2, -0.15) is 0 Å². The van der Waals surface area contributed by atoms with Gasteiger partial charge in [-0.1, -0.05) is 0 Å². The lowest BCUT2D eigenvalue weighted by Crippen LogP contribution is -2.56. The summed E-state index contributed by atoms with van der Waals surface area (Å²) in [5, 5.41) is 12.0. The van der Waals surface area contributed by atoms with E-state index in [1.165, 1.54) is 0 Å². The zero-order valence-corrected chi connectivity index (χ0v) is 11.5. The molecular formula is C13H22N2O4. The van der Waals surface area contributed by atoms with Crippen molar-refractivity contribution in [1.82, 2.24) is 10.2 Å². The molecule has 2 aliphatic heterocycles. The van der Waals surface area contributed by atoms with Crippen LogP contribution >= 0.6 is 0 Å². The van der Waals surface area contributed by atoms with Crippen LogP contribution in [0.15, 0.2) is 0 Å². The van der Waals surface area contributed by atoms with Crippen LogP contribution in [-0.4, -0.2) is 53.3 Å². The Morgan fingerprint density at radius 1 is 1.47 bits per heavy atom. The van der Waals surface area contributed by atoms with Gasteiger partial charge >= 0.3 is 12.0 Å². The maximum atomic E-state index is 12.2. The molecule has 0 aromatic rings. The summed E-state index contributed by atoms with van der Waals surface area (Å²) >= 11 is 0. The number of nitrogens with one attached hydrogen (secondary N) is 1. The van der Waals surface area contributed by atoms with Crippen LogP contribution in [0.3, 0.4) is 0 Å². The maximum absolute atomic E-state index is 12.2. The number of rotatable bonds is 2. The Kier molecular flexibility index (Phi) is 3.99. The molecule has 2 saturated heterocycles. The number of aliphatic carboxylic acids is 1.